The van der Waals surface area contributed by atoms with Crippen LogP contribution in [0.25, 0.3) is 0 Å². The van der Waals surface area contributed by atoms with Crippen molar-refractivity contribution in [2.75, 3.05) is 0 Å². The van der Waals surface area contributed by atoms with E-state index < -0.39 is 5.83 Å². The highest BCUT2D eigenvalue weighted by molar-refractivity contribution is 5.22. The zero-order valence-electron chi connectivity index (χ0n) is 11.2. The number of hydrogen-bond acceptors (Lipinski definition) is 1. The molecule has 0 unspecified atom stereocenters. The Morgan fingerprint density at radius 2 is 1.80 bits per heavy atom. The first kappa shape index (κ1) is 14.5. The lowest BCUT2D eigenvalue weighted by atomic mass is 9.78. The van der Waals surface area contributed by atoms with Crippen molar-refractivity contribution in [2.45, 2.75) is 31.6 Å². The zero-order chi connectivity index (χ0) is 14.4. The van der Waals surface area contributed by atoms with Gasteiger partial charge in [0.05, 0.1) is 0 Å². The topological polar surface area (TPSA) is 23.8 Å². The summed E-state index contributed by atoms with van der Waals surface area (Å²) >= 11 is 0. The van der Waals surface area contributed by atoms with Gasteiger partial charge in [0.15, 0.2) is 5.83 Å². The van der Waals surface area contributed by atoms with Crippen LogP contribution >= 0.6 is 0 Å². The largest absolute Gasteiger partial charge is 0.207 e. The lowest BCUT2D eigenvalue weighted by Crippen LogP contribution is -2.11. The molecule has 3 heteroatoms. The maximum atomic E-state index is 12.9. The van der Waals surface area contributed by atoms with E-state index in [1.807, 2.05) is 18.2 Å². The highest BCUT2D eigenvalue weighted by atomic mass is 19.1. The van der Waals surface area contributed by atoms with Gasteiger partial charge >= 0.3 is 0 Å². The van der Waals surface area contributed by atoms with Gasteiger partial charge in [0.2, 0.25) is 0 Å². The third kappa shape index (κ3) is 4.03. The lowest BCUT2D eigenvalue weighted by Gasteiger charge is -2.27. The summed E-state index contributed by atoms with van der Waals surface area (Å²) in [5.41, 5.74) is 1.20. The first-order chi connectivity index (χ1) is 9.69. The van der Waals surface area contributed by atoms with Crippen molar-refractivity contribution < 1.29 is 8.78 Å². The van der Waals surface area contributed by atoms with Gasteiger partial charge in [0, 0.05) is 0 Å². The predicted octanol–water partition coefficient (Wildman–Crippen LogP) is 5.03. The first-order valence-electron chi connectivity index (χ1n) is 6.88. The smallest absolute Gasteiger partial charge is 0.199 e. The van der Waals surface area contributed by atoms with Crippen LogP contribution in [0, 0.1) is 23.1 Å². The van der Waals surface area contributed by atoms with E-state index in [1.54, 1.807) is 6.08 Å². The van der Waals surface area contributed by atoms with Gasteiger partial charge in [-0.2, -0.15) is 9.65 Å². The van der Waals surface area contributed by atoms with Gasteiger partial charge < -0.3 is 0 Å². The summed E-state index contributed by atoms with van der Waals surface area (Å²) in [7, 11) is 0. The van der Waals surface area contributed by atoms with Crippen LogP contribution in [0.4, 0.5) is 8.78 Å². The molecule has 0 atom stereocenters. The molecule has 0 bridgehead atoms. The summed E-state index contributed by atoms with van der Waals surface area (Å²) < 4.78 is 25.5. The molecule has 0 heterocycles. The third-order valence-corrected chi connectivity index (χ3v) is 3.85. The molecule has 0 N–H and O–H groups in total. The Balaban J connectivity index is 1.86. The number of allylic oxidation sites excluding steroid dienone is 4. The normalized spacial score (nSPS) is 23.8. The van der Waals surface area contributed by atoms with Crippen LogP contribution in [0.1, 0.15) is 37.2 Å². The second-order valence-electron chi connectivity index (χ2n) is 5.17. The van der Waals surface area contributed by atoms with Crippen LogP contribution in [-0.2, 0) is 0 Å². The molecule has 2 rings (SSSR count). The number of halogens is 2. The van der Waals surface area contributed by atoms with Crippen LogP contribution in [0.15, 0.2) is 48.3 Å². The Morgan fingerprint density at radius 3 is 2.40 bits per heavy atom. The molecule has 0 saturated heterocycles. The highest BCUT2D eigenvalue weighted by Crippen LogP contribution is 2.36. The van der Waals surface area contributed by atoms with E-state index in [1.165, 1.54) is 29.8 Å². The maximum Gasteiger partial charge on any atom is 0.199 e. The second-order valence-corrected chi connectivity index (χ2v) is 5.17. The van der Waals surface area contributed by atoms with Crippen molar-refractivity contribution in [1.82, 2.24) is 0 Å². The maximum absolute atomic E-state index is 12.9. The summed E-state index contributed by atoms with van der Waals surface area (Å²) in [6.45, 7) is 0. The Labute approximate surface area is 118 Å². The molecule has 1 aromatic carbocycles. The number of nitrogens with zero attached hydrogens (tertiary/aromatic N) is 1. The molecule has 0 aromatic heterocycles. The summed E-state index contributed by atoms with van der Waals surface area (Å²) in [5.74, 6) is -0.0287. The van der Waals surface area contributed by atoms with E-state index in [4.69, 9.17) is 5.26 Å². The summed E-state index contributed by atoms with van der Waals surface area (Å²) in [6, 6.07) is 8.19. The summed E-state index contributed by atoms with van der Waals surface area (Å²) in [5, 5.41) is 8.30. The molecule has 0 amide bonds. The highest BCUT2D eigenvalue weighted by Gasteiger charge is 2.20. The monoisotopic (exact) mass is 273 g/mol. The molecule has 1 fully saturated rings. The van der Waals surface area contributed by atoms with E-state index in [0.29, 0.717) is 11.8 Å². The number of benzene rings is 1. The SMILES string of the molecule is N#CC(F)=CC=CC1CCC(c2ccc(F)cc2)CC1. The van der Waals surface area contributed by atoms with Crippen LogP contribution < -0.4 is 0 Å². The average Bonchev–Trinajstić information content (AvgIpc) is 2.48. The van der Waals surface area contributed by atoms with E-state index >= 15 is 0 Å². The van der Waals surface area contributed by atoms with Crippen LogP contribution in [0.3, 0.4) is 0 Å². The summed E-state index contributed by atoms with van der Waals surface area (Å²) in [6.07, 6.45) is 9.00. The molecule has 104 valence electrons. The van der Waals surface area contributed by atoms with Gasteiger partial charge in [-0.3, -0.25) is 0 Å². The van der Waals surface area contributed by atoms with Gasteiger partial charge in [0.25, 0.3) is 0 Å². The van der Waals surface area contributed by atoms with Crippen molar-refractivity contribution in [3.8, 4) is 6.07 Å². The van der Waals surface area contributed by atoms with Crippen molar-refractivity contribution in [3.05, 3.63) is 59.7 Å². The fourth-order valence-electron chi connectivity index (χ4n) is 2.71. The third-order valence-electron chi connectivity index (χ3n) is 3.85. The van der Waals surface area contributed by atoms with Gasteiger partial charge in [-0.1, -0.05) is 24.3 Å². The summed E-state index contributed by atoms with van der Waals surface area (Å²) in [4.78, 5) is 0. The van der Waals surface area contributed by atoms with Crippen molar-refractivity contribution >= 4 is 0 Å². The molecule has 20 heavy (non-hydrogen) atoms. The van der Waals surface area contributed by atoms with E-state index in [0.717, 1.165) is 25.7 Å². The van der Waals surface area contributed by atoms with Gasteiger partial charge in [-0.05, 0) is 61.3 Å². The van der Waals surface area contributed by atoms with Crippen molar-refractivity contribution in [2.24, 2.45) is 5.92 Å². The van der Waals surface area contributed by atoms with Gasteiger partial charge in [0.1, 0.15) is 11.9 Å². The van der Waals surface area contributed by atoms with Crippen LogP contribution in [-0.4, -0.2) is 0 Å². The molecule has 1 saturated carbocycles. The Kier molecular flexibility index (Phi) is 5.06. The molecule has 0 aliphatic heterocycles. The van der Waals surface area contributed by atoms with Crippen molar-refractivity contribution in [3.63, 3.8) is 0 Å². The fraction of sp³-hybridized carbons (Fsp3) is 0.353. The number of nitriles is 1. The minimum absolute atomic E-state index is 0.198. The van der Waals surface area contributed by atoms with E-state index in [9.17, 15) is 8.78 Å². The lowest BCUT2D eigenvalue weighted by molar-refractivity contribution is 0.375. The zero-order valence-corrected chi connectivity index (χ0v) is 11.2. The molecular weight excluding hydrogens is 256 g/mol. The second kappa shape index (κ2) is 7.00. The van der Waals surface area contributed by atoms with Gasteiger partial charge in [-0.25, -0.2) is 4.39 Å². The van der Waals surface area contributed by atoms with E-state index in [2.05, 4.69) is 0 Å². The minimum Gasteiger partial charge on any atom is -0.207 e. The quantitative estimate of drug-likeness (QED) is 0.559. The van der Waals surface area contributed by atoms with Crippen molar-refractivity contribution in [1.29, 1.82) is 5.26 Å². The molecule has 1 aliphatic rings. The Hall–Kier alpha value is -1.95. The number of rotatable bonds is 3. The van der Waals surface area contributed by atoms with Gasteiger partial charge in [-0.15, -0.1) is 0 Å². The molecular formula is C17H17F2N. The molecule has 1 aromatic rings. The Bertz CT molecular complexity index is 529. The molecule has 0 radical (unpaired) electrons. The average molecular weight is 273 g/mol. The van der Waals surface area contributed by atoms with Crippen LogP contribution in [0.2, 0.25) is 0 Å². The minimum atomic E-state index is -0.763. The first-order valence-corrected chi connectivity index (χ1v) is 6.88. The predicted molar refractivity (Wildman–Crippen MR) is 75.0 cm³/mol. The standard InChI is InChI=1S/C17H17F2N/c18-16-10-8-15(9-11-16)14-6-4-13(5-7-14)2-1-3-17(19)12-20/h1-3,8-11,13-14H,4-7H2. The van der Waals surface area contributed by atoms with Crippen LogP contribution in [0.5, 0.6) is 0 Å². The van der Waals surface area contributed by atoms with E-state index in [-0.39, 0.29) is 5.82 Å². The molecule has 0 spiro atoms. The molecule has 1 nitrogen and oxygen atoms in total. The number of hydrogen-bond donors (Lipinski definition) is 0. The fourth-order valence-corrected chi connectivity index (χ4v) is 2.71. The molecule has 1 aliphatic carbocycles. The Morgan fingerprint density at radius 1 is 1.15 bits per heavy atom.